The maximum absolute atomic E-state index is 13.9. The maximum Gasteiger partial charge on any atom is 0.419 e. The third-order valence-electron chi connectivity index (χ3n) is 6.99. The van der Waals surface area contributed by atoms with E-state index in [1.807, 2.05) is 6.92 Å². The molecule has 1 saturated heterocycles. The van der Waals surface area contributed by atoms with Crippen LogP contribution in [0.2, 0.25) is 0 Å². The number of rotatable bonds is 9. The van der Waals surface area contributed by atoms with Gasteiger partial charge in [-0.2, -0.15) is 34.9 Å². The molecule has 1 aliphatic heterocycles. The first-order chi connectivity index (χ1) is 18.3. The molecule has 2 heterocycles. The summed E-state index contributed by atoms with van der Waals surface area (Å²) in [4.78, 5) is 22.1. The second-order valence-electron chi connectivity index (χ2n) is 9.66. The summed E-state index contributed by atoms with van der Waals surface area (Å²) in [6.07, 6.45) is 3.35. The van der Waals surface area contributed by atoms with E-state index in [-0.39, 0.29) is 47.3 Å². The van der Waals surface area contributed by atoms with Crippen molar-refractivity contribution in [2.45, 2.75) is 70.5 Å². The largest absolute Gasteiger partial charge is 0.493 e. The van der Waals surface area contributed by atoms with Crippen LogP contribution >= 0.6 is 11.8 Å². The van der Waals surface area contributed by atoms with Crippen molar-refractivity contribution in [2.75, 3.05) is 24.7 Å². The SMILES string of the molecule is CCSCC(=O)N=C(N)N1CCC[C@H]1c1nc(-c2ccc(OCCC3CCCCC3)c(C(F)(F)F)c2)no1. The molecule has 8 nitrogen and oxygen atoms in total. The molecule has 1 atom stereocenters. The van der Waals surface area contributed by atoms with Crippen LogP contribution in [0.1, 0.15) is 75.8 Å². The van der Waals surface area contributed by atoms with E-state index in [1.165, 1.54) is 43.2 Å². The summed E-state index contributed by atoms with van der Waals surface area (Å²) in [5.41, 5.74) is 5.39. The van der Waals surface area contributed by atoms with Crippen molar-refractivity contribution < 1.29 is 27.2 Å². The molecule has 1 aliphatic carbocycles. The fourth-order valence-electron chi connectivity index (χ4n) is 5.03. The van der Waals surface area contributed by atoms with Gasteiger partial charge in [0.05, 0.1) is 17.9 Å². The van der Waals surface area contributed by atoms with Crippen LogP contribution in [0.25, 0.3) is 11.4 Å². The highest BCUT2D eigenvalue weighted by Crippen LogP contribution is 2.39. The summed E-state index contributed by atoms with van der Waals surface area (Å²) < 4.78 is 52.7. The van der Waals surface area contributed by atoms with E-state index in [0.717, 1.165) is 37.5 Å². The zero-order valence-corrected chi connectivity index (χ0v) is 22.3. The van der Waals surface area contributed by atoms with Gasteiger partial charge in [0, 0.05) is 12.1 Å². The molecule has 0 bridgehead atoms. The summed E-state index contributed by atoms with van der Waals surface area (Å²) in [6, 6.07) is 3.42. The maximum atomic E-state index is 13.9. The number of hydrogen-bond acceptors (Lipinski definition) is 6. The van der Waals surface area contributed by atoms with E-state index in [2.05, 4.69) is 15.1 Å². The van der Waals surface area contributed by atoms with Gasteiger partial charge >= 0.3 is 6.18 Å². The lowest BCUT2D eigenvalue weighted by Gasteiger charge is -2.22. The predicted octanol–water partition coefficient (Wildman–Crippen LogP) is 5.84. The topological polar surface area (TPSA) is 107 Å². The summed E-state index contributed by atoms with van der Waals surface area (Å²) in [6.45, 7) is 2.75. The lowest BCUT2D eigenvalue weighted by Crippen LogP contribution is -2.37. The Labute approximate surface area is 224 Å². The molecule has 0 unspecified atom stereocenters. The van der Waals surface area contributed by atoms with Gasteiger partial charge in [-0.05, 0) is 49.1 Å². The lowest BCUT2D eigenvalue weighted by atomic mass is 9.87. The van der Waals surface area contributed by atoms with Crippen molar-refractivity contribution in [1.29, 1.82) is 0 Å². The molecule has 0 radical (unpaired) electrons. The standard InChI is InChI=1S/C26H34F3N5O3S/c1-2-38-16-22(35)31-25(30)34-13-6-9-20(34)24-32-23(33-37-24)18-10-11-21(19(15-18)26(27,28)29)36-14-12-17-7-4-3-5-8-17/h10-11,15,17,20H,2-9,12-14,16H2,1H3,(H2,30,31,35)/t20-/m0/s1. The molecule has 1 amide bonds. The van der Waals surface area contributed by atoms with E-state index < -0.39 is 17.8 Å². The Morgan fingerprint density at radius 3 is 2.76 bits per heavy atom. The zero-order valence-electron chi connectivity index (χ0n) is 21.5. The Kier molecular flexibility index (Phi) is 9.56. The van der Waals surface area contributed by atoms with E-state index >= 15 is 0 Å². The van der Waals surface area contributed by atoms with Gasteiger partial charge in [0.15, 0.2) is 5.96 Å². The first-order valence-electron chi connectivity index (χ1n) is 13.2. The Bertz CT molecular complexity index is 1120. The molecule has 2 aromatic rings. The monoisotopic (exact) mass is 553 g/mol. The minimum absolute atomic E-state index is 0.0389. The van der Waals surface area contributed by atoms with Crippen LogP contribution in [0.15, 0.2) is 27.7 Å². The number of nitrogens with zero attached hydrogens (tertiary/aromatic N) is 4. The smallest absolute Gasteiger partial charge is 0.419 e. The fraction of sp³-hybridized carbons (Fsp3) is 0.615. The number of halogens is 3. The second kappa shape index (κ2) is 12.9. The minimum Gasteiger partial charge on any atom is -0.493 e. The minimum atomic E-state index is -4.60. The van der Waals surface area contributed by atoms with Gasteiger partial charge in [0.2, 0.25) is 11.7 Å². The predicted molar refractivity (Wildman–Crippen MR) is 140 cm³/mol. The Balaban J connectivity index is 1.47. The van der Waals surface area contributed by atoms with Gasteiger partial charge in [-0.25, -0.2) is 0 Å². The summed E-state index contributed by atoms with van der Waals surface area (Å²) >= 11 is 1.45. The molecule has 4 rings (SSSR count). The van der Waals surface area contributed by atoms with Crippen molar-refractivity contribution in [3.05, 3.63) is 29.7 Å². The molecule has 2 aliphatic rings. The number of alkyl halides is 3. The third kappa shape index (κ3) is 7.21. The van der Waals surface area contributed by atoms with Crippen LogP contribution in [-0.2, 0) is 11.0 Å². The van der Waals surface area contributed by atoms with E-state index in [1.54, 1.807) is 4.90 Å². The second-order valence-corrected chi connectivity index (χ2v) is 10.9. The van der Waals surface area contributed by atoms with Crippen LogP contribution in [-0.4, -0.2) is 51.6 Å². The van der Waals surface area contributed by atoms with Crippen LogP contribution in [0.3, 0.4) is 0 Å². The van der Waals surface area contributed by atoms with E-state index in [4.69, 9.17) is 15.0 Å². The van der Waals surface area contributed by atoms with E-state index in [0.29, 0.717) is 18.9 Å². The molecule has 2 fully saturated rings. The highest BCUT2D eigenvalue weighted by molar-refractivity contribution is 7.99. The van der Waals surface area contributed by atoms with Gasteiger partial charge in [-0.3, -0.25) is 4.79 Å². The summed E-state index contributed by atoms with van der Waals surface area (Å²) in [7, 11) is 0. The van der Waals surface area contributed by atoms with Crippen molar-refractivity contribution in [1.82, 2.24) is 15.0 Å². The highest BCUT2D eigenvalue weighted by atomic mass is 32.2. The molecule has 12 heteroatoms. The summed E-state index contributed by atoms with van der Waals surface area (Å²) in [5.74, 6) is 1.35. The fourth-order valence-corrected chi connectivity index (χ4v) is 5.47. The van der Waals surface area contributed by atoms with E-state index in [9.17, 15) is 18.0 Å². The molecule has 208 valence electrons. The number of aliphatic imine (C=N–C) groups is 1. The normalized spacial score (nSPS) is 19.2. The molecular weight excluding hydrogens is 519 g/mol. The molecule has 0 spiro atoms. The third-order valence-corrected chi connectivity index (χ3v) is 7.85. The summed E-state index contributed by atoms with van der Waals surface area (Å²) in [5, 5.41) is 3.93. The Morgan fingerprint density at radius 1 is 1.24 bits per heavy atom. The first kappa shape index (κ1) is 28.3. The van der Waals surface area contributed by atoms with Gasteiger partial charge in [-0.15, -0.1) is 0 Å². The Morgan fingerprint density at radius 2 is 2.03 bits per heavy atom. The number of benzene rings is 1. The van der Waals surface area contributed by atoms with Crippen LogP contribution in [0.4, 0.5) is 13.2 Å². The number of nitrogens with two attached hydrogens (primary N) is 1. The molecule has 2 N–H and O–H groups in total. The number of guanidine groups is 1. The van der Waals surface area contributed by atoms with Crippen LogP contribution in [0.5, 0.6) is 5.75 Å². The number of carbonyl (C=O) groups excluding carboxylic acids is 1. The average Bonchev–Trinajstić information content (AvgIpc) is 3.58. The number of hydrogen-bond donors (Lipinski definition) is 1. The molecule has 1 aromatic carbocycles. The number of ether oxygens (including phenoxy) is 1. The molecular formula is C26H34F3N5O3S. The first-order valence-corrected chi connectivity index (χ1v) is 14.3. The van der Waals surface area contributed by atoms with Crippen LogP contribution < -0.4 is 10.5 Å². The van der Waals surface area contributed by atoms with Crippen molar-refractivity contribution in [3.63, 3.8) is 0 Å². The number of thioether (sulfide) groups is 1. The van der Waals surface area contributed by atoms with Crippen molar-refractivity contribution >= 4 is 23.6 Å². The van der Waals surface area contributed by atoms with Gasteiger partial charge in [0.25, 0.3) is 5.91 Å². The highest BCUT2D eigenvalue weighted by Gasteiger charge is 2.36. The Hall–Kier alpha value is -2.76. The van der Waals surface area contributed by atoms with Gasteiger partial charge < -0.3 is 19.9 Å². The average molecular weight is 554 g/mol. The lowest BCUT2D eigenvalue weighted by molar-refractivity contribution is -0.139. The van der Waals surface area contributed by atoms with Gasteiger partial charge in [0.1, 0.15) is 11.8 Å². The number of likely N-dealkylation sites (tertiary alicyclic amines) is 1. The quantitative estimate of drug-likeness (QED) is 0.305. The number of amides is 1. The van der Waals surface area contributed by atoms with Crippen molar-refractivity contribution in [2.24, 2.45) is 16.6 Å². The van der Waals surface area contributed by atoms with Gasteiger partial charge in [-0.1, -0.05) is 44.2 Å². The molecule has 1 saturated carbocycles. The zero-order chi connectivity index (χ0) is 27.1. The molecule has 38 heavy (non-hydrogen) atoms. The molecule has 1 aromatic heterocycles. The van der Waals surface area contributed by atoms with Crippen molar-refractivity contribution in [3.8, 4) is 17.1 Å². The van der Waals surface area contributed by atoms with Crippen LogP contribution in [0, 0.1) is 5.92 Å². The number of carbonyl (C=O) groups is 1. The number of aromatic nitrogens is 2.